The zero-order valence-corrected chi connectivity index (χ0v) is 10.8. The molecule has 0 atom stereocenters. The van der Waals surface area contributed by atoms with E-state index in [2.05, 4.69) is 6.92 Å². The fourth-order valence-corrected chi connectivity index (χ4v) is 2.76. The summed E-state index contributed by atoms with van der Waals surface area (Å²) in [6.07, 6.45) is 1.05. The van der Waals surface area contributed by atoms with Crippen molar-refractivity contribution in [1.29, 1.82) is 0 Å². The number of amides is 1. The fraction of sp³-hybridized carbons (Fsp3) is 0.273. The van der Waals surface area contributed by atoms with Gasteiger partial charge < -0.3 is 10.6 Å². The van der Waals surface area contributed by atoms with Gasteiger partial charge in [-0.3, -0.25) is 4.79 Å². The van der Waals surface area contributed by atoms with Crippen LogP contribution in [-0.4, -0.2) is 34.7 Å². The van der Waals surface area contributed by atoms with Gasteiger partial charge in [0, 0.05) is 20.4 Å². The summed E-state index contributed by atoms with van der Waals surface area (Å²) >= 11 is 0. The van der Waals surface area contributed by atoms with Crippen molar-refractivity contribution in [2.75, 3.05) is 25.3 Å². The van der Waals surface area contributed by atoms with Gasteiger partial charge in [-0.05, 0) is 24.6 Å². The van der Waals surface area contributed by atoms with E-state index in [4.69, 9.17) is 5.73 Å². The Bertz CT molecular complexity index is 562. The van der Waals surface area contributed by atoms with Crippen LogP contribution in [0, 0.1) is 6.92 Å². The first-order chi connectivity index (χ1) is 7.64. The lowest BCUT2D eigenvalue weighted by molar-refractivity contribution is 0.0997. The number of primary amides is 1. The van der Waals surface area contributed by atoms with Crippen LogP contribution in [0.2, 0.25) is 0 Å². The Balaban J connectivity index is 3.79. The number of carbonyl (C=O) groups excluding carboxylic acids is 1. The maximum Gasteiger partial charge on any atom is 0.250 e. The molecule has 1 rings (SSSR count). The first kappa shape index (κ1) is 13.5. The molecule has 0 aliphatic carbocycles. The van der Waals surface area contributed by atoms with E-state index >= 15 is 0 Å². The number of carbonyl (C=O) groups is 1. The lowest BCUT2D eigenvalue weighted by atomic mass is 10.1. The third kappa shape index (κ3) is 2.76. The highest BCUT2D eigenvalue weighted by Crippen LogP contribution is 2.29. The van der Waals surface area contributed by atoms with Gasteiger partial charge in [0.05, 0.1) is 11.3 Å². The number of rotatable bonds is 3. The maximum absolute atomic E-state index is 11.7. The summed E-state index contributed by atoms with van der Waals surface area (Å²) in [6.45, 7) is 3.70. The van der Waals surface area contributed by atoms with Gasteiger partial charge in [-0.1, -0.05) is 0 Å². The van der Waals surface area contributed by atoms with Gasteiger partial charge in [0.25, 0.3) is 0 Å². The molecule has 1 aromatic carbocycles. The monoisotopic (exact) mass is 255 g/mol. The Kier molecular flexibility index (Phi) is 3.47. The molecule has 0 aliphatic rings. The zero-order valence-electron chi connectivity index (χ0n) is 10.0. The van der Waals surface area contributed by atoms with Crippen LogP contribution in [-0.2, 0) is 9.84 Å². The fourth-order valence-electron chi connectivity index (χ4n) is 1.58. The van der Waals surface area contributed by atoms with Crippen molar-refractivity contribution in [3.8, 4) is 0 Å². The first-order valence-corrected chi connectivity index (χ1v) is 6.71. The van der Waals surface area contributed by atoms with Crippen LogP contribution in [0.4, 0.5) is 5.69 Å². The Morgan fingerprint density at radius 1 is 1.35 bits per heavy atom. The van der Waals surface area contributed by atoms with Gasteiger partial charge in [0.1, 0.15) is 4.90 Å². The Morgan fingerprint density at radius 3 is 2.24 bits per heavy atom. The van der Waals surface area contributed by atoms with Crippen LogP contribution >= 0.6 is 0 Å². The minimum Gasteiger partial charge on any atom is -0.377 e. The average Bonchev–Trinajstić information content (AvgIpc) is 2.14. The normalized spacial score (nSPS) is 11.3. The van der Waals surface area contributed by atoms with Crippen LogP contribution in [0.25, 0.3) is 0 Å². The van der Waals surface area contributed by atoms with Gasteiger partial charge in [-0.15, -0.1) is 0 Å². The van der Waals surface area contributed by atoms with Crippen LogP contribution in [0.5, 0.6) is 0 Å². The second-order valence-corrected chi connectivity index (χ2v) is 5.98. The number of nitrogens with two attached hydrogens (primary N) is 1. The molecule has 2 N–H and O–H groups in total. The molecular weight excluding hydrogens is 240 g/mol. The second-order valence-electron chi connectivity index (χ2n) is 4.02. The molecule has 5 nitrogen and oxygen atoms in total. The second kappa shape index (κ2) is 4.37. The molecule has 0 aromatic heterocycles. The standard InChI is InChI=1S/C11H15N2O3S/c1-7-5-8(11(12)14)10(17(4,15)16)9(6-7)13(2)3/h5-6H,1H2,2-4H3,(H2,12,14). The van der Waals surface area contributed by atoms with E-state index in [1.54, 1.807) is 25.1 Å². The van der Waals surface area contributed by atoms with Crippen molar-refractivity contribution < 1.29 is 13.2 Å². The molecule has 6 heteroatoms. The van der Waals surface area contributed by atoms with E-state index in [9.17, 15) is 13.2 Å². The molecule has 0 bridgehead atoms. The van der Waals surface area contributed by atoms with Gasteiger partial charge in [0.2, 0.25) is 5.91 Å². The number of nitrogens with zero attached hydrogens (tertiary/aromatic N) is 1. The molecule has 0 saturated carbocycles. The summed E-state index contributed by atoms with van der Waals surface area (Å²) in [5, 5.41) is 0. The molecule has 17 heavy (non-hydrogen) atoms. The quantitative estimate of drug-likeness (QED) is 0.849. The number of benzene rings is 1. The lowest BCUT2D eigenvalue weighted by Gasteiger charge is -2.19. The van der Waals surface area contributed by atoms with Crippen molar-refractivity contribution >= 4 is 21.4 Å². The van der Waals surface area contributed by atoms with Gasteiger partial charge >= 0.3 is 0 Å². The molecule has 0 aliphatic heterocycles. The summed E-state index contributed by atoms with van der Waals surface area (Å²) in [5.74, 6) is -0.779. The SMILES string of the molecule is [CH2]c1cc(C(N)=O)c(S(C)(=O)=O)c(N(C)C)c1. The zero-order chi connectivity index (χ0) is 13.4. The van der Waals surface area contributed by atoms with Crippen molar-refractivity contribution in [1.82, 2.24) is 0 Å². The molecule has 0 saturated heterocycles. The van der Waals surface area contributed by atoms with Crippen molar-refractivity contribution in [3.63, 3.8) is 0 Å². The first-order valence-electron chi connectivity index (χ1n) is 4.81. The molecule has 0 unspecified atom stereocenters. The van der Waals surface area contributed by atoms with E-state index in [1.807, 2.05) is 0 Å². The van der Waals surface area contributed by atoms with Crippen molar-refractivity contribution in [2.45, 2.75) is 4.90 Å². The summed E-state index contributed by atoms with van der Waals surface area (Å²) in [4.78, 5) is 12.9. The van der Waals surface area contributed by atoms with Gasteiger partial charge in [-0.2, -0.15) is 0 Å². The number of hydrogen-bond donors (Lipinski definition) is 1. The molecule has 1 radical (unpaired) electrons. The summed E-state index contributed by atoms with van der Waals surface area (Å²) in [6, 6.07) is 2.98. The van der Waals surface area contributed by atoms with Crippen LogP contribution in [0.1, 0.15) is 15.9 Å². The van der Waals surface area contributed by atoms with E-state index in [1.165, 1.54) is 6.07 Å². The topological polar surface area (TPSA) is 80.5 Å². The number of hydrogen-bond acceptors (Lipinski definition) is 4. The van der Waals surface area contributed by atoms with Crippen molar-refractivity contribution in [2.24, 2.45) is 5.73 Å². The Labute approximate surface area is 101 Å². The third-order valence-corrected chi connectivity index (χ3v) is 3.42. The largest absolute Gasteiger partial charge is 0.377 e. The summed E-state index contributed by atoms with van der Waals surface area (Å²) in [5.41, 5.74) is 6.12. The van der Waals surface area contributed by atoms with E-state index in [-0.39, 0.29) is 10.5 Å². The van der Waals surface area contributed by atoms with Crippen LogP contribution in [0.15, 0.2) is 17.0 Å². The highest BCUT2D eigenvalue weighted by atomic mass is 32.2. The minimum atomic E-state index is -3.54. The predicted octanol–water partition coefficient (Wildman–Crippen LogP) is 0.437. The molecule has 0 spiro atoms. The maximum atomic E-state index is 11.7. The molecule has 0 fully saturated rings. The Hall–Kier alpha value is -1.56. The molecule has 0 heterocycles. The Morgan fingerprint density at radius 2 is 1.88 bits per heavy atom. The third-order valence-electron chi connectivity index (χ3n) is 2.25. The smallest absolute Gasteiger partial charge is 0.250 e. The highest BCUT2D eigenvalue weighted by molar-refractivity contribution is 7.91. The van der Waals surface area contributed by atoms with Crippen molar-refractivity contribution in [3.05, 3.63) is 30.2 Å². The van der Waals surface area contributed by atoms with E-state index in [0.29, 0.717) is 11.3 Å². The molecular formula is C11H15N2O3S. The average molecular weight is 255 g/mol. The van der Waals surface area contributed by atoms with E-state index in [0.717, 1.165) is 6.26 Å². The summed E-state index contributed by atoms with van der Waals surface area (Å²) in [7, 11) is -0.164. The minimum absolute atomic E-state index is 0.0244. The number of anilines is 1. The van der Waals surface area contributed by atoms with Gasteiger partial charge in [0.15, 0.2) is 9.84 Å². The summed E-state index contributed by atoms with van der Waals surface area (Å²) < 4.78 is 23.5. The van der Waals surface area contributed by atoms with Gasteiger partial charge in [-0.25, -0.2) is 8.42 Å². The number of sulfone groups is 1. The highest BCUT2D eigenvalue weighted by Gasteiger charge is 2.23. The molecule has 93 valence electrons. The van der Waals surface area contributed by atoms with Crippen LogP contribution in [0.3, 0.4) is 0 Å². The van der Waals surface area contributed by atoms with Crippen LogP contribution < -0.4 is 10.6 Å². The predicted molar refractivity (Wildman–Crippen MR) is 66.9 cm³/mol. The molecule has 1 aromatic rings. The van der Waals surface area contributed by atoms with E-state index < -0.39 is 15.7 Å². The lowest BCUT2D eigenvalue weighted by Crippen LogP contribution is -2.20. The molecule has 1 amide bonds.